The molecule has 2 aromatic carbocycles. The Kier molecular flexibility index (Phi) is 2.54. The van der Waals surface area contributed by atoms with Gasteiger partial charge in [0.05, 0.1) is 17.6 Å². The van der Waals surface area contributed by atoms with Crippen LogP contribution in [0.25, 0.3) is 11.0 Å². The Hall–Kier alpha value is -2.69. The lowest BCUT2D eigenvalue weighted by Gasteiger charge is -2.29. The molecule has 0 bridgehead atoms. The number of carboxylic acids is 1. The maximum absolute atomic E-state index is 11.0. The Labute approximate surface area is 120 Å². The molecule has 0 spiro atoms. The highest BCUT2D eigenvalue weighted by atomic mass is 16.4. The molecule has 1 unspecified atom stereocenters. The third-order valence-electron chi connectivity index (χ3n) is 4.12. The Morgan fingerprint density at radius 1 is 1.29 bits per heavy atom. The number of hydrogen-bond donors (Lipinski definition) is 1. The fraction of sp³-hybridized carbons (Fsp3) is 0.188. The zero-order chi connectivity index (χ0) is 14.4. The summed E-state index contributed by atoms with van der Waals surface area (Å²) in [7, 11) is 0. The molecule has 1 N–H and O–H groups in total. The average Bonchev–Trinajstić information content (AvgIpc) is 2.87. The van der Waals surface area contributed by atoms with E-state index in [1.165, 1.54) is 11.1 Å². The number of nitrogens with zero attached hydrogens (tertiary/aromatic N) is 3. The minimum atomic E-state index is -0.945. The topological polar surface area (TPSA) is 68.0 Å². The lowest BCUT2D eigenvalue weighted by molar-refractivity contribution is 0.0697. The van der Waals surface area contributed by atoms with Gasteiger partial charge in [0.1, 0.15) is 5.52 Å². The van der Waals surface area contributed by atoms with Gasteiger partial charge >= 0.3 is 5.97 Å². The normalized spacial score (nSPS) is 16.5. The SMILES string of the molecule is O=C(O)c1ccc2c(c1)nnn2CC1Cc2ccccc21. The lowest BCUT2D eigenvalue weighted by Crippen LogP contribution is -2.22. The van der Waals surface area contributed by atoms with Gasteiger partial charge in [-0.1, -0.05) is 29.5 Å². The second-order valence-corrected chi connectivity index (χ2v) is 5.38. The second kappa shape index (κ2) is 4.41. The van der Waals surface area contributed by atoms with Crippen molar-refractivity contribution in [3.63, 3.8) is 0 Å². The number of carboxylic acid groups (broad SMARTS) is 1. The van der Waals surface area contributed by atoms with Crippen molar-refractivity contribution in [3.05, 3.63) is 59.2 Å². The van der Waals surface area contributed by atoms with Gasteiger partial charge in [-0.25, -0.2) is 9.48 Å². The van der Waals surface area contributed by atoms with E-state index in [0.29, 0.717) is 11.4 Å². The minimum Gasteiger partial charge on any atom is -0.478 e. The number of carbonyl (C=O) groups is 1. The van der Waals surface area contributed by atoms with Crippen LogP contribution in [-0.2, 0) is 13.0 Å². The molecule has 1 atom stereocenters. The first kappa shape index (κ1) is 12.1. The molecule has 0 aliphatic heterocycles. The fourth-order valence-corrected chi connectivity index (χ4v) is 2.97. The van der Waals surface area contributed by atoms with Crippen molar-refractivity contribution in [1.82, 2.24) is 15.0 Å². The van der Waals surface area contributed by atoms with Crippen molar-refractivity contribution in [2.24, 2.45) is 0 Å². The first-order valence-electron chi connectivity index (χ1n) is 6.87. The zero-order valence-corrected chi connectivity index (χ0v) is 11.2. The molecule has 5 nitrogen and oxygen atoms in total. The molecule has 1 aromatic heterocycles. The van der Waals surface area contributed by atoms with Crippen LogP contribution in [0.5, 0.6) is 0 Å². The number of aromatic carboxylic acids is 1. The number of hydrogen-bond acceptors (Lipinski definition) is 3. The van der Waals surface area contributed by atoms with E-state index in [0.717, 1.165) is 18.5 Å². The summed E-state index contributed by atoms with van der Waals surface area (Å²) in [5.74, 6) is -0.482. The number of fused-ring (bicyclic) bond motifs is 2. The van der Waals surface area contributed by atoms with Crippen molar-refractivity contribution in [2.45, 2.75) is 18.9 Å². The third kappa shape index (κ3) is 1.89. The van der Waals surface area contributed by atoms with Gasteiger partial charge in [0.15, 0.2) is 0 Å². The predicted octanol–water partition coefficient (Wildman–Crippen LogP) is 2.47. The first-order valence-corrected chi connectivity index (χ1v) is 6.87. The van der Waals surface area contributed by atoms with E-state index >= 15 is 0 Å². The maximum Gasteiger partial charge on any atom is 0.335 e. The molecule has 3 aromatic rings. The largest absolute Gasteiger partial charge is 0.478 e. The minimum absolute atomic E-state index is 0.239. The molecule has 104 valence electrons. The highest BCUT2D eigenvalue weighted by Crippen LogP contribution is 2.36. The Morgan fingerprint density at radius 2 is 2.14 bits per heavy atom. The lowest BCUT2D eigenvalue weighted by atomic mass is 9.77. The molecule has 1 aliphatic rings. The molecule has 0 amide bonds. The summed E-state index contributed by atoms with van der Waals surface area (Å²) in [6.07, 6.45) is 1.06. The maximum atomic E-state index is 11.0. The van der Waals surface area contributed by atoms with Gasteiger partial charge in [0.2, 0.25) is 0 Å². The van der Waals surface area contributed by atoms with Crippen molar-refractivity contribution in [3.8, 4) is 0 Å². The van der Waals surface area contributed by atoms with E-state index in [1.54, 1.807) is 18.2 Å². The van der Waals surface area contributed by atoms with Crippen LogP contribution in [0.1, 0.15) is 27.4 Å². The smallest absolute Gasteiger partial charge is 0.335 e. The monoisotopic (exact) mass is 279 g/mol. The van der Waals surface area contributed by atoms with E-state index < -0.39 is 5.97 Å². The molecular weight excluding hydrogens is 266 g/mol. The highest BCUT2D eigenvalue weighted by molar-refractivity contribution is 5.92. The standard InChI is InChI=1S/C16H13N3O2/c20-16(21)11-5-6-15-14(8-11)17-18-19(15)9-12-7-10-3-1-2-4-13(10)12/h1-6,8,12H,7,9H2,(H,20,21). The van der Waals surface area contributed by atoms with Gasteiger partial charge in [-0.2, -0.15) is 0 Å². The molecule has 5 heteroatoms. The zero-order valence-electron chi connectivity index (χ0n) is 11.2. The molecule has 1 aliphatic carbocycles. The summed E-state index contributed by atoms with van der Waals surface area (Å²) >= 11 is 0. The van der Waals surface area contributed by atoms with Crippen molar-refractivity contribution in [1.29, 1.82) is 0 Å². The Balaban J connectivity index is 1.65. The van der Waals surface area contributed by atoms with Gasteiger partial charge in [0, 0.05) is 5.92 Å². The summed E-state index contributed by atoms with van der Waals surface area (Å²) in [6, 6.07) is 13.4. The summed E-state index contributed by atoms with van der Waals surface area (Å²) < 4.78 is 1.86. The molecule has 0 fully saturated rings. The van der Waals surface area contributed by atoms with Crippen LogP contribution in [0.2, 0.25) is 0 Å². The van der Waals surface area contributed by atoms with Gasteiger partial charge < -0.3 is 5.11 Å². The van der Waals surface area contributed by atoms with Crippen LogP contribution in [0, 0.1) is 0 Å². The van der Waals surface area contributed by atoms with E-state index in [2.05, 4.69) is 34.6 Å². The van der Waals surface area contributed by atoms with Gasteiger partial charge in [-0.05, 0) is 35.7 Å². The summed E-state index contributed by atoms with van der Waals surface area (Å²) in [5.41, 5.74) is 4.53. The Morgan fingerprint density at radius 3 is 2.95 bits per heavy atom. The summed E-state index contributed by atoms with van der Waals surface area (Å²) in [6.45, 7) is 0.778. The molecule has 0 radical (unpaired) electrons. The molecule has 0 saturated heterocycles. The highest BCUT2D eigenvalue weighted by Gasteiger charge is 2.26. The fourth-order valence-electron chi connectivity index (χ4n) is 2.97. The third-order valence-corrected chi connectivity index (χ3v) is 4.12. The van der Waals surface area contributed by atoms with Gasteiger partial charge in [-0.15, -0.1) is 5.10 Å². The molecule has 0 saturated carbocycles. The quantitative estimate of drug-likeness (QED) is 0.799. The molecule has 21 heavy (non-hydrogen) atoms. The van der Waals surface area contributed by atoms with Crippen molar-refractivity contribution < 1.29 is 9.90 Å². The average molecular weight is 279 g/mol. The van der Waals surface area contributed by atoms with E-state index in [4.69, 9.17) is 5.11 Å². The first-order chi connectivity index (χ1) is 10.2. The van der Waals surface area contributed by atoms with Crippen LogP contribution in [0.4, 0.5) is 0 Å². The van der Waals surface area contributed by atoms with Crippen LogP contribution in [0.3, 0.4) is 0 Å². The van der Waals surface area contributed by atoms with Gasteiger partial charge in [0.25, 0.3) is 0 Å². The Bertz CT molecular complexity index is 854. The van der Waals surface area contributed by atoms with Gasteiger partial charge in [-0.3, -0.25) is 0 Å². The predicted molar refractivity (Wildman–Crippen MR) is 77.4 cm³/mol. The summed E-state index contributed by atoms with van der Waals surface area (Å²) in [5, 5.41) is 17.2. The van der Waals surface area contributed by atoms with Crippen LogP contribution in [-0.4, -0.2) is 26.1 Å². The van der Waals surface area contributed by atoms with E-state index in [-0.39, 0.29) is 5.56 Å². The van der Waals surface area contributed by atoms with E-state index in [1.807, 2.05) is 4.68 Å². The number of benzene rings is 2. The number of aromatic nitrogens is 3. The van der Waals surface area contributed by atoms with Crippen molar-refractivity contribution >= 4 is 17.0 Å². The van der Waals surface area contributed by atoms with Crippen molar-refractivity contribution in [2.75, 3.05) is 0 Å². The molecular formula is C16H13N3O2. The van der Waals surface area contributed by atoms with Crippen LogP contribution in [0.15, 0.2) is 42.5 Å². The molecule has 4 rings (SSSR count). The summed E-state index contributed by atoms with van der Waals surface area (Å²) in [4.78, 5) is 11.0. The number of rotatable bonds is 3. The van der Waals surface area contributed by atoms with Crippen LogP contribution >= 0.6 is 0 Å². The van der Waals surface area contributed by atoms with E-state index in [9.17, 15) is 4.79 Å². The van der Waals surface area contributed by atoms with Crippen LogP contribution < -0.4 is 0 Å². The second-order valence-electron chi connectivity index (χ2n) is 5.38. The molecule has 1 heterocycles.